The third-order valence-electron chi connectivity index (χ3n) is 4.34. The van der Waals surface area contributed by atoms with E-state index in [1.807, 2.05) is 32.6 Å². The van der Waals surface area contributed by atoms with Gasteiger partial charge in [0.2, 0.25) is 11.8 Å². The highest BCUT2D eigenvalue weighted by molar-refractivity contribution is 5.89. The first kappa shape index (κ1) is 18.5. The van der Waals surface area contributed by atoms with Crippen LogP contribution in [-0.2, 0) is 14.4 Å². The average Bonchev–Trinajstić information content (AvgIpc) is 2.80. The molecule has 0 radical (unpaired) electrons. The third kappa shape index (κ3) is 5.00. The van der Waals surface area contributed by atoms with E-state index in [1.54, 1.807) is 0 Å². The summed E-state index contributed by atoms with van der Waals surface area (Å²) in [6, 6.07) is 0.199. The summed E-state index contributed by atoms with van der Waals surface area (Å²) in [7, 11) is 0. The first-order valence-corrected chi connectivity index (χ1v) is 8.03. The standard InChI is InChI=1S/C16H28N2O4/c1-5-12(6-2)18-10-11(9-13(18)19)15(22)17-16(3,4)8-7-14(20)21/h11-12H,5-10H2,1-4H3,(H,17,22)(H,20,21). The quantitative estimate of drug-likeness (QED) is 0.715. The van der Waals surface area contributed by atoms with Crippen molar-refractivity contribution >= 4 is 17.8 Å². The number of carbonyl (C=O) groups is 3. The van der Waals surface area contributed by atoms with E-state index in [4.69, 9.17) is 5.11 Å². The van der Waals surface area contributed by atoms with E-state index in [0.717, 1.165) is 12.8 Å². The minimum absolute atomic E-state index is 0.0107. The molecule has 1 saturated heterocycles. The van der Waals surface area contributed by atoms with Gasteiger partial charge < -0.3 is 15.3 Å². The number of aliphatic carboxylic acids is 1. The molecule has 6 heteroatoms. The number of carbonyl (C=O) groups excluding carboxylic acids is 2. The van der Waals surface area contributed by atoms with Crippen molar-refractivity contribution in [2.75, 3.05) is 6.54 Å². The molecular weight excluding hydrogens is 284 g/mol. The fraction of sp³-hybridized carbons (Fsp3) is 0.812. The highest BCUT2D eigenvalue weighted by atomic mass is 16.4. The first-order valence-electron chi connectivity index (χ1n) is 8.03. The lowest BCUT2D eigenvalue weighted by atomic mass is 9.96. The summed E-state index contributed by atoms with van der Waals surface area (Å²) in [5.41, 5.74) is -0.582. The third-order valence-corrected chi connectivity index (χ3v) is 4.34. The molecule has 2 N–H and O–H groups in total. The van der Waals surface area contributed by atoms with Crippen molar-refractivity contribution in [3.8, 4) is 0 Å². The molecule has 126 valence electrons. The van der Waals surface area contributed by atoms with Gasteiger partial charge in [-0.3, -0.25) is 14.4 Å². The molecule has 0 aromatic carbocycles. The summed E-state index contributed by atoms with van der Waals surface area (Å²) in [5.74, 6) is -1.33. The van der Waals surface area contributed by atoms with Crippen molar-refractivity contribution in [2.24, 2.45) is 5.92 Å². The number of carboxylic acid groups (broad SMARTS) is 1. The van der Waals surface area contributed by atoms with Gasteiger partial charge in [-0.1, -0.05) is 13.8 Å². The first-order chi connectivity index (χ1) is 10.2. The van der Waals surface area contributed by atoms with E-state index in [0.29, 0.717) is 13.0 Å². The van der Waals surface area contributed by atoms with Crippen LogP contribution < -0.4 is 5.32 Å². The second-order valence-electron chi connectivity index (χ2n) is 6.68. The Labute approximate surface area is 132 Å². The number of amides is 2. The van der Waals surface area contributed by atoms with Gasteiger partial charge in [0, 0.05) is 31.0 Å². The lowest BCUT2D eigenvalue weighted by Gasteiger charge is -2.28. The molecule has 1 heterocycles. The van der Waals surface area contributed by atoms with Crippen LogP contribution in [0.3, 0.4) is 0 Å². The van der Waals surface area contributed by atoms with Crippen molar-refractivity contribution in [2.45, 2.75) is 71.4 Å². The maximum absolute atomic E-state index is 12.4. The smallest absolute Gasteiger partial charge is 0.303 e. The second kappa shape index (κ2) is 7.61. The Morgan fingerprint density at radius 3 is 2.45 bits per heavy atom. The van der Waals surface area contributed by atoms with Gasteiger partial charge in [-0.2, -0.15) is 0 Å². The number of carboxylic acids is 1. The maximum Gasteiger partial charge on any atom is 0.303 e. The van der Waals surface area contributed by atoms with Crippen LogP contribution in [0.25, 0.3) is 0 Å². The Morgan fingerprint density at radius 2 is 1.95 bits per heavy atom. The van der Waals surface area contributed by atoms with Crippen molar-refractivity contribution in [3.05, 3.63) is 0 Å². The number of hydrogen-bond donors (Lipinski definition) is 2. The van der Waals surface area contributed by atoms with Gasteiger partial charge in [0.25, 0.3) is 0 Å². The summed E-state index contributed by atoms with van der Waals surface area (Å²) >= 11 is 0. The SMILES string of the molecule is CCC(CC)N1CC(C(=O)NC(C)(C)CCC(=O)O)CC1=O. The van der Waals surface area contributed by atoms with Crippen molar-refractivity contribution < 1.29 is 19.5 Å². The fourth-order valence-electron chi connectivity index (χ4n) is 2.91. The lowest BCUT2D eigenvalue weighted by molar-refractivity contribution is -0.138. The molecule has 0 aliphatic carbocycles. The molecule has 1 aliphatic rings. The molecule has 1 fully saturated rings. The van der Waals surface area contributed by atoms with Crippen LogP contribution in [0, 0.1) is 5.92 Å². The normalized spacial score (nSPS) is 18.9. The Hall–Kier alpha value is -1.59. The van der Waals surface area contributed by atoms with Crippen LogP contribution in [-0.4, -0.2) is 45.9 Å². The molecule has 0 spiro atoms. The summed E-state index contributed by atoms with van der Waals surface area (Å²) < 4.78 is 0. The van der Waals surface area contributed by atoms with Gasteiger partial charge in [-0.15, -0.1) is 0 Å². The van der Waals surface area contributed by atoms with Crippen LogP contribution in [0.4, 0.5) is 0 Å². The summed E-state index contributed by atoms with van der Waals surface area (Å²) in [5, 5.41) is 11.6. The Morgan fingerprint density at radius 1 is 1.36 bits per heavy atom. The molecular formula is C16H28N2O4. The van der Waals surface area contributed by atoms with E-state index in [-0.39, 0.29) is 36.6 Å². The Balaban J connectivity index is 2.60. The van der Waals surface area contributed by atoms with Crippen molar-refractivity contribution in [3.63, 3.8) is 0 Å². The molecule has 2 amide bonds. The molecule has 1 aliphatic heterocycles. The van der Waals surface area contributed by atoms with Gasteiger partial charge in [0.05, 0.1) is 5.92 Å². The van der Waals surface area contributed by atoms with Gasteiger partial charge in [-0.25, -0.2) is 0 Å². The molecule has 1 atom stereocenters. The zero-order valence-electron chi connectivity index (χ0n) is 14.0. The fourth-order valence-corrected chi connectivity index (χ4v) is 2.91. The number of hydrogen-bond acceptors (Lipinski definition) is 3. The zero-order valence-corrected chi connectivity index (χ0v) is 14.0. The van der Waals surface area contributed by atoms with E-state index in [9.17, 15) is 14.4 Å². The lowest BCUT2D eigenvalue weighted by Crippen LogP contribution is -2.47. The van der Waals surface area contributed by atoms with Gasteiger partial charge in [-0.05, 0) is 33.1 Å². The van der Waals surface area contributed by atoms with Gasteiger partial charge >= 0.3 is 5.97 Å². The monoisotopic (exact) mass is 312 g/mol. The highest BCUT2D eigenvalue weighted by Gasteiger charge is 2.38. The average molecular weight is 312 g/mol. The van der Waals surface area contributed by atoms with E-state index < -0.39 is 11.5 Å². The van der Waals surface area contributed by atoms with E-state index in [1.165, 1.54) is 0 Å². The van der Waals surface area contributed by atoms with Crippen LogP contribution >= 0.6 is 0 Å². The maximum atomic E-state index is 12.4. The zero-order chi connectivity index (χ0) is 16.9. The van der Waals surface area contributed by atoms with Crippen molar-refractivity contribution in [1.29, 1.82) is 0 Å². The predicted molar refractivity (Wildman–Crippen MR) is 83.3 cm³/mol. The van der Waals surface area contributed by atoms with Crippen molar-refractivity contribution in [1.82, 2.24) is 10.2 Å². The number of nitrogens with one attached hydrogen (secondary N) is 1. The van der Waals surface area contributed by atoms with Crippen LogP contribution in [0.15, 0.2) is 0 Å². The number of rotatable bonds is 8. The molecule has 0 aromatic heterocycles. The van der Waals surface area contributed by atoms with Gasteiger partial charge in [0.1, 0.15) is 0 Å². The summed E-state index contributed by atoms with van der Waals surface area (Å²) in [6.45, 7) is 8.17. The van der Waals surface area contributed by atoms with Crippen LogP contribution in [0.1, 0.15) is 59.8 Å². The molecule has 0 saturated carbocycles. The molecule has 6 nitrogen and oxygen atoms in total. The molecule has 1 unspecified atom stereocenters. The second-order valence-corrected chi connectivity index (χ2v) is 6.68. The van der Waals surface area contributed by atoms with E-state index >= 15 is 0 Å². The molecule has 0 bridgehead atoms. The molecule has 22 heavy (non-hydrogen) atoms. The largest absolute Gasteiger partial charge is 0.481 e. The van der Waals surface area contributed by atoms with E-state index in [2.05, 4.69) is 5.32 Å². The van der Waals surface area contributed by atoms with Crippen LogP contribution in [0.5, 0.6) is 0 Å². The predicted octanol–water partition coefficient (Wildman–Crippen LogP) is 1.78. The number of likely N-dealkylation sites (tertiary alicyclic amines) is 1. The van der Waals surface area contributed by atoms with Gasteiger partial charge in [0.15, 0.2) is 0 Å². The minimum atomic E-state index is -0.877. The Bertz CT molecular complexity index is 430. The summed E-state index contributed by atoms with van der Waals surface area (Å²) in [6.07, 6.45) is 2.40. The van der Waals surface area contributed by atoms with Crippen LogP contribution in [0.2, 0.25) is 0 Å². The topological polar surface area (TPSA) is 86.7 Å². The molecule has 1 rings (SSSR count). The summed E-state index contributed by atoms with van der Waals surface area (Å²) in [4.78, 5) is 36.9. The molecule has 0 aromatic rings. The number of nitrogens with zero attached hydrogens (tertiary/aromatic N) is 1. The minimum Gasteiger partial charge on any atom is -0.481 e. The Kier molecular flexibility index (Phi) is 6.38. The highest BCUT2D eigenvalue weighted by Crippen LogP contribution is 2.24.